The lowest BCUT2D eigenvalue weighted by Gasteiger charge is -2.16. The van der Waals surface area contributed by atoms with Crippen LogP contribution in [0.5, 0.6) is 23.0 Å². The van der Waals surface area contributed by atoms with Gasteiger partial charge in [0, 0.05) is 6.07 Å². The van der Waals surface area contributed by atoms with Gasteiger partial charge in [0.05, 0.1) is 34.4 Å². The van der Waals surface area contributed by atoms with Crippen molar-refractivity contribution in [2.24, 2.45) is 0 Å². The minimum Gasteiger partial charge on any atom is -0.457 e. The van der Waals surface area contributed by atoms with Crippen LogP contribution in [0.15, 0.2) is 60.7 Å². The van der Waals surface area contributed by atoms with Crippen LogP contribution in [-0.2, 0) is 12.4 Å². The summed E-state index contributed by atoms with van der Waals surface area (Å²) in [7, 11) is 0. The van der Waals surface area contributed by atoms with E-state index in [0.29, 0.717) is 12.1 Å². The zero-order valence-electron chi connectivity index (χ0n) is 15.8. The van der Waals surface area contributed by atoms with Crippen molar-refractivity contribution in [1.82, 2.24) is 0 Å². The molecule has 32 heavy (non-hydrogen) atoms. The number of nitriles is 2. The normalized spacial score (nSPS) is 11.4. The lowest BCUT2D eigenvalue weighted by atomic mass is 10.1. The van der Waals surface area contributed by atoms with Crippen LogP contribution in [0.25, 0.3) is 0 Å². The van der Waals surface area contributed by atoms with E-state index in [9.17, 15) is 26.3 Å². The maximum Gasteiger partial charge on any atom is 0.420 e. The highest BCUT2D eigenvalue weighted by Crippen LogP contribution is 2.41. The van der Waals surface area contributed by atoms with Crippen LogP contribution >= 0.6 is 0 Å². The van der Waals surface area contributed by atoms with Gasteiger partial charge in [-0.05, 0) is 48.5 Å². The number of halogens is 6. The van der Waals surface area contributed by atoms with Gasteiger partial charge in [0.1, 0.15) is 23.0 Å². The first-order valence-electron chi connectivity index (χ1n) is 8.70. The van der Waals surface area contributed by atoms with Gasteiger partial charge in [0.2, 0.25) is 0 Å². The van der Waals surface area contributed by atoms with Crippen molar-refractivity contribution in [2.45, 2.75) is 12.4 Å². The van der Waals surface area contributed by atoms with Crippen molar-refractivity contribution in [2.75, 3.05) is 0 Å². The van der Waals surface area contributed by atoms with E-state index in [1.54, 1.807) is 12.1 Å². The number of alkyl halides is 6. The summed E-state index contributed by atoms with van der Waals surface area (Å²) in [6.45, 7) is 0. The Labute approximate surface area is 177 Å². The predicted molar refractivity (Wildman–Crippen MR) is 98.9 cm³/mol. The van der Waals surface area contributed by atoms with Crippen molar-refractivity contribution in [3.05, 3.63) is 82.9 Å². The average Bonchev–Trinajstić information content (AvgIpc) is 2.73. The highest BCUT2D eigenvalue weighted by molar-refractivity contribution is 5.48. The Bertz CT molecular complexity index is 1140. The fourth-order valence-corrected chi connectivity index (χ4v) is 2.68. The van der Waals surface area contributed by atoms with Gasteiger partial charge in [-0.25, -0.2) is 0 Å². The Morgan fingerprint density at radius 1 is 0.594 bits per heavy atom. The summed E-state index contributed by atoms with van der Waals surface area (Å²) in [5, 5.41) is 17.6. The zero-order valence-corrected chi connectivity index (χ0v) is 15.8. The van der Waals surface area contributed by atoms with Crippen molar-refractivity contribution < 1.29 is 35.8 Å². The summed E-state index contributed by atoms with van der Waals surface area (Å²) in [5.74, 6) is -1.47. The maximum absolute atomic E-state index is 13.3. The van der Waals surface area contributed by atoms with Gasteiger partial charge in [-0.2, -0.15) is 36.9 Å². The Morgan fingerprint density at radius 2 is 1.00 bits per heavy atom. The molecule has 0 amide bonds. The van der Waals surface area contributed by atoms with Gasteiger partial charge in [0.15, 0.2) is 0 Å². The minimum absolute atomic E-state index is 0.139. The largest absolute Gasteiger partial charge is 0.457 e. The molecule has 0 heterocycles. The monoisotopic (exact) mass is 448 g/mol. The number of benzene rings is 3. The molecule has 10 heteroatoms. The van der Waals surface area contributed by atoms with Gasteiger partial charge >= 0.3 is 12.4 Å². The second-order valence-electron chi connectivity index (χ2n) is 6.32. The minimum atomic E-state index is -4.81. The summed E-state index contributed by atoms with van der Waals surface area (Å²) in [6, 6.07) is 13.7. The summed E-state index contributed by atoms with van der Waals surface area (Å²) in [5.41, 5.74) is -2.81. The van der Waals surface area contributed by atoms with Crippen LogP contribution in [-0.4, -0.2) is 0 Å². The van der Waals surface area contributed by atoms with Gasteiger partial charge < -0.3 is 9.47 Å². The third-order valence-electron chi connectivity index (χ3n) is 4.09. The quantitative estimate of drug-likeness (QED) is 0.401. The molecule has 0 bridgehead atoms. The number of ether oxygens (including phenoxy) is 2. The summed E-state index contributed by atoms with van der Waals surface area (Å²) in [4.78, 5) is 0. The predicted octanol–water partition coefficient (Wildman–Crippen LogP) is 7.05. The SMILES string of the molecule is N#Cc1ccc(Oc2cccc(Oc3ccc(C#N)cc3C(F)(F)F)c2)c(C(F)(F)F)c1. The average molecular weight is 448 g/mol. The second-order valence-corrected chi connectivity index (χ2v) is 6.32. The van der Waals surface area contributed by atoms with E-state index in [2.05, 4.69) is 0 Å². The van der Waals surface area contributed by atoms with Gasteiger partial charge in [0.25, 0.3) is 0 Å². The Kier molecular flexibility index (Phi) is 5.99. The van der Waals surface area contributed by atoms with Gasteiger partial charge in [-0.3, -0.25) is 0 Å². The summed E-state index contributed by atoms with van der Waals surface area (Å²) in [6.07, 6.45) is -9.61. The topological polar surface area (TPSA) is 66.0 Å². The Morgan fingerprint density at radius 3 is 1.34 bits per heavy atom. The van der Waals surface area contributed by atoms with Crippen LogP contribution in [0.4, 0.5) is 26.3 Å². The first kappa shape index (κ1) is 22.5. The van der Waals surface area contributed by atoms with E-state index in [-0.39, 0.29) is 22.6 Å². The summed E-state index contributed by atoms with van der Waals surface area (Å²) >= 11 is 0. The van der Waals surface area contributed by atoms with Crippen LogP contribution in [0.3, 0.4) is 0 Å². The Balaban J connectivity index is 1.94. The Hall–Kier alpha value is -4.18. The lowest BCUT2D eigenvalue weighted by molar-refractivity contribution is -0.139. The van der Waals surface area contributed by atoms with Crippen LogP contribution in [0.1, 0.15) is 22.3 Å². The van der Waals surface area contributed by atoms with Gasteiger partial charge in [-0.15, -0.1) is 0 Å². The molecular weight excluding hydrogens is 438 g/mol. The van der Waals surface area contributed by atoms with Crippen LogP contribution < -0.4 is 9.47 Å². The first-order chi connectivity index (χ1) is 15.0. The molecule has 0 radical (unpaired) electrons. The van der Waals surface area contributed by atoms with Crippen molar-refractivity contribution in [1.29, 1.82) is 10.5 Å². The molecule has 0 atom stereocenters. The molecule has 162 valence electrons. The van der Waals surface area contributed by atoms with Crippen LogP contribution in [0, 0.1) is 22.7 Å². The van der Waals surface area contributed by atoms with E-state index < -0.39 is 35.0 Å². The molecule has 0 N–H and O–H groups in total. The van der Waals surface area contributed by atoms with E-state index in [4.69, 9.17) is 20.0 Å². The number of hydrogen-bond acceptors (Lipinski definition) is 4. The molecule has 0 fully saturated rings. The van der Waals surface area contributed by atoms with Crippen molar-refractivity contribution in [3.8, 4) is 35.1 Å². The van der Waals surface area contributed by atoms with E-state index in [1.165, 1.54) is 18.2 Å². The molecule has 3 rings (SSSR count). The van der Waals surface area contributed by atoms with E-state index >= 15 is 0 Å². The third kappa shape index (κ3) is 5.10. The summed E-state index contributed by atoms with van der Waals surface area (Å²) < 4.78 is 90.4. The molecule has 0 saturated heterocycles. The van der Waals surface area contributed by atoms with Gasteiger partial charge in [-0.1, -0.05) is 6.07 Å². The third-order valence-corrected chi connectivity index (χ3v) is 4.09. The molecule has 3 aromatic rings. The van der Waals surface area contributed by atoms with E-state index in [1.807, 2.05) is 0 Å². The smallest absolute Gasteiger partial charge is 0.420 e. The molecule has 0 aromatic heterocycles. The number of hydrogen-bond donors (Lipinski definition) is 0. The van der Waals surface area contributed by atoms with Crippen molar-refractivity contribution in [3.63, 3.8) is 0 Å². The van der Waals surface area contributed by atoms with E-state index in [0.717, 1.165) is 30.3 Å². The van der Waals surface area contributed by atoms with Crippen LogP contribution in [0.2, 0.25) is 0 Å². The fraction of sp³-hybridized carbons (Fsp3) is 0.0909. The highest BCUT2D eigenvalue weighted by atomic mass is 19.4. The highest BCUT2D eigenvalue weighted by Gasteiger charge is 2.36. The molecule has 0 spiro atoms. The lowest BCUT2D eigenvalue weighted by Crippen LogP contribution is -2.08. The number of rotatable bonds is 4. The maximum atomic E-state index is 13.3. The molecule has 0 unspecified atom stereocenters. The molecule has 3 aromatic carbocycles. The van der Waals surface area contributed by atoms with Crippen molar-refractivity contribution >= 4 is 0 Å². The zero-order chi connectivity index (χ0) is 23.5. The molecular formula is C22H10F6N2O2. The molecule has 4 nitrogen and oxygen atoms in total. The molecule has 0 aliphatic carbocycles. The fourth-order valence-electron chi connectivity index (χ4n) is 2.68. The first-order valence-corrected chi connectivity index (χ1v) is 8.70. The standard InChI is InChI=1S/C22H10F6N2O2/c23-21(24,25)17-8-13(11-29)4-6-19(17)31-15-2-1-3-16(10-15)32-20-7-5-14(12-30)9-18(20)22(26,27)28/h1-10H. The molecule has 0 aliphatic heterocycles. The second kappa shape index (κ2) is 8.52. The molecule has 0 saturated carbocycles. The molecule has 0 aliphatic rings. The number of nitrogens with zero attached hydrogens (tertiary/aromatic N) is 2.